The molecule has 100 valence electrons. The van der Waals surface area contributed by atoms with E-state index in [0.717, 1.165) is 9.33 Å². The van der Waals surface area contributed by atoms with Crippen LogP contribution in [0.1, 0.15) is 23.8 Å². The highest BCUT2D eigenvalue weighted by Crippen LogP contribution is 2.27. The number of hydrogen-bond acceptors (Lipinski definition) is 4. The number of amidine groups is 1. The van der Waals surface area contributed by atoms with Gasteiger partial charge in [-0.15, -0.1) is 10.2 Å². The second-order valence-corrected chi connectivity index (χ2v) is 5.31. The largest absolute Gasteiger partial charge is 0.449 e. The molecule has 1 aliphatic rings. The van der Waals surface area contributed by atoms with E-state index in [1.165, 1.54) is 0 Å². The molecule has 1 aromatic carbocycles. The Morgan fingerprint density at radius 3 is 2.80 bits per heavy atom. The third kappa shape index (κ3) is 3.19. The average molecular weight is 378 g/mol. The molecule has 2 aromatic rings. The van der Waals surface area contributed by atoms with Crippen molar-refractivity contribution in [2.24, 2.45) is 20.4 Å². The van der Waals surface area contributed by atoms with Gasteiger partial charge in [0.25, 0.3) is 0 Å². The van der Waals surface area contributed by atoms with Crippen molar-refractivity contribution < 1.29 is 4.42 Å². The average Bonchev–Trinajstić information content (AvgIpc) is 3.09. The molecule has 1 aromatic heterocycles. The molecule has 6 heteroatoms. The summed E-state index contributed by atoms with van der Waals surface area (Å²) in [6.45, 7) is 0. The van der Waals surface area contributed by atoms with Crippen molar-refractivity contribution in [2.75, 3.05) is 0 Å². The van der Waals surface area contributed by atoms with Crippen LogP contribution in [0.15, 0.2) is 67.3 Å². The summed E-state index contributed by atoms with van der Waals surface area (Å²) in [6, 6.07) is 13.8. The minimum Gasteiger partial charge on any atom is -0.449 e. The highest BCUT2D eigenvalue weighted by Gasteiger charge is 2.19. The van der Waals surface area contributed by atoms with E-state index in [0.29, 0.717) is 18.0 Å². The van der Waals surface area contributed by atoms with E-state index in [4.69, 9.17) is 4.42 Å². The maximum Gasteiger partial charge on any atom is 0.175 e. The van der Waals surface area contributed by atoms with Crippen LogP contribution in [0.2, 0.25) is 0 Å². The summed E-state index contributed by atoms with van der Waals surface area (Å²) in [6.07, 6.45) is 2.25. The number of hydrogen-bond donors (Lipinski definition) is 0. The molecule has 1 atom stereocenters. The number of azo groups is 1. The SMILES string of the molecule is Ic1ccc(/C=N\N=C2\C[C@H](c3ccccc3)N=N2)o1. The molecule has 2 heterocycles. The molecule has 0 fully saturated rings. The lowest BCUT2D eigenvalue weighted by molar-refractivity contribution is 0.531. The van der Waals surface area contributed by atoms with Crippen molar-refractivity contribution in [3.8, 4) is 0 Å². The molecule has 0 amide bonds. The Balaban J connectivity index is 1.64. The predicted octanol–water partition coefficient (Wildman–Crippen LogP) is 4.21. The van der Waals surface area contributed by atoms with E-state index in [-0.39, 0.29) is 6.04 Å². The lowest BCUT2D eigenvalue weighted by Gasteiger charge is -2.02. The van der Waals surface area contributed by atoms with Crippen LogP contribution < -0.4 is 0 Å². The van der Waals surface area contributed by atoms with Crippen molar-refractivity contribution >= 4 is 34.6 Å². The maximum absolute atomic E-state index is 5.35. The van der Waals surface area contributed by atoms with Gasteiger partial charge in [-0.25, -0.2) is 0 Å². The number of benzene rings is 1. The van der Waals surface area contributed by atoms with Crippen LogP contribution in [0.4, 0.5) is 0 Å². The molecule has 0 spiro atoms. The molecule has 0 saturated carbocycles. The van der Waals surface area contributed by atoms with Crippen LogP contribution in [0, 0.1) is 3.77 Å². The molecule has 0 unspecified atom stereocenters. The summed E-state index contributed by atoms with van der Waals surface area (Å²) in [5.74, 6) is 1.31. The predicted molar refractivity (Wildman–Crippen MR) is 85.1 cm³/mol. The molecule has 0 saturated heterocycles. The molecule has 5 nitrogen and oxygen atoms in total. The molecule has 3 rings (SSSR count). The van der Waals surface area contributed by atoms with Crippen LogP contribution >= 0.6 is 22.6 Å². The Bertz CT molecular complexity index is 675. The zero-order valence-corrected chi connectivity index (χ0v) is 12.6. The van der Waals surface area contributed by atoms with E-state index in [2.05, 4.69) is 43.0 Å². The van der Waals surface area contributed by atoms with Crippen molar-refractivity contribution in [3.05, 3.63) is 57.6 Å². The van der Waals surface area contributed by atoms with Crippen molar-refractivity contribution in [1.82, 2.24) is 0 Å². The molecule has 0 N–H and O–H groups in total. The quantitative estimate of drug-likeness (QED) is 0.448. The van der Waals surface area contributed by atoms with Crippen LogP contribution in [0.25, 0.3) is 0 Å². The van der Waals surface area contributed by atoms with Gasteiger partial charge in [0.15, 0.2) is 9.60 Å². The molecule has 0 radical (unpaired) electrons. The molecule has 0 aliphatic carbocycles. The first-order valence-corrected chi connectivity index (χ1v) is 7.20. The normalized spacial score (nSPS) is 20.2. The minimum atomic E-state index is 0.0507. The number of nitrogens with zero attached hydrogens (tertiary/aromatic N) is 4. The monoisotopic (exact) mass is 378 g/mol. The third-order valence-corrected chi connectivity index (χ3v) is 3.40. The van der Waals surface area contributed by atoms with Crippen molar-refractivity contribution in [2.45, 2.75) is 12.5 Å². The van der Waals surface area contributed by atoms with Gasteiger partial charge in [0.2, 0.25) is 0 Å². The van der Waals surface area contributed by atoms with Crippen molar-refractivity contribution in [3.63, 3.8) is 0 Å². The van der Waals surface area contributed by atoms with Gasteiger partial charge < -0.3 is 4.42 Å². The summed E-state index contributed by atoms with van der Waals surface area (Å²) >= 11 is 2.10. The maximum atomic E-state index is 5.35. The molecule has 20 heavy (non-hydrogen) atoms. The topological polar surface area (TPSA) is 62.6 Å². The van der Waals surface area contributed by atoms with Gasteiger partial charge in [-0.3, -0.25) is 0 Å². The highest BCUT2D eigenvalue weighted by molar-refractivity contribution is 14.1. The van der Waals surface area contributed by atoms with Gasteiger partial charge in [0, 0.05) is 6.42 Å². The Kier molecular flexibility index (Phi) is 4.00. The Hall–Kier alpha value is -1.83. The number of rotatable bonds is 3. The summed E-state index contributed by atoms with van der Waals surface area (Å²) in [5.41, 5.74) is 1.14. The third-order valence-electron chi connectivity index (χ3n) is 2.82. The Morgan fingerprint density at radius 2 is 2.05 bits per heavy atom. The van der Waals surface area contributed by atoms with Gasteiger partial charge in [-0.05, 0) is 40.3 Å². The number of furan rings is 1. The first-order chi connectivity index (χ1) is 9.81. The van der Waals surface area contributed by atoms with E-state index >= 15 is 0 Å². The summed E-state index contributed by atoms with van der Waals surface area (Å²) in [4.78, 5) is 0. The highest BCUT2D eigenvalue weighted by atomic mass is 127. The summed E-state index contributed by atoms with van der Waals surface area (Å²) in [5, 5.41) is 16.3. The van der Waals surface area contributed by atoms with Gasteiger partial charge in [-0.1, -0.05) is 30.3 Å². The smallest absolute Gasteiger partial charge is 0.175 e. The van der Waals surface area contributed by atoms with Crippen LogP contribution in [-0.4, -0.2) is 12.1 Å². The van der Waals surface area contributed by atoms with Crippen LogP contribution in [-0.2, 0) is 0 Å². The molecular formula is C14H11IN4O. The van der Waals surface area contributed by atoms with E-state index in [1.807, 2.05) is 42.5 Å². The first-order valence-electron chi connectivity index (χ1n) is 6.12. The van der Waals surface area contributed by atoms with Gasteiger partial charge in [0.05, 0.1) is 6.21 Å². The van der Waals surface area contributed by atoms with E-state index < -0.39 is 0 Å². The summed E-state index contributed by atoms with van der Waals surface area (Å²) < 4.78 is 6.17. The molecule has 0 bridgehead atoms. The Labute approximate surface area is 129 Å². The van der Waals surface area contributed by atoms with Gasteiger partial charge in [0.1, 0.15) is 11.8 Å². The first kappa shape index (κ1) is 13.2. The molecule has 1 aliphatic heterocycles. The fourth-order valence-electron chi connectivity index (χ4n) is 1.86. The number of halogens is 1. The second-order valence-electron chi connectivity index (χ2n) is 4.25. The fourth-order valence-corrected chi connectivity index (χ4v) is 2.30. The van der Waals surface area contributed by atoms with Crippen molar-refractivity contribution in [1.29, 1.82) is 0 Å². The lowest BCUT2D eigenvalue weighted by atomic mass is 10.1. The lowest BCUT2D eigenvalue weighted by Crippen LogP contribution is -1.95. The molecular weight excluding hydrogens is 367 g/mol. The zero-order valence-electron chi connectivity index (χ0n) is 10.5. The fraction of sp³-hybridized carbons (Fsp3) is 0.143. The van der Waals surface area contributed by atoms with Crippen LogP contribution in [0.5, 0.6) is 0 Å². The summed E-state index contributed by atoms with van der Waals surface area (Å²) in [7, 11) is 0. The standard InChI is InChI=1S/C14H11IN4O/c15-13-7-6-11(20-13)9-16-18-14-8-12(17-19-14)10-4-2-1-3-5-10/h1-7,9,12H,8H2/b16-9-,18-14-/t12-/m1/s1. The second kappa shape index (κ2) is 6.08. The van der Waals surface area contributed by atoms with Gasteiger partial charge in [-0.2, -0.15) is 10.2 Å². The minimum absolute atomic E-state index is 0.0507. The van der Waals surface area contributed by atoms with E-state index in [1.54, 1.807) is 6.21 Å². The zero-order chi connectivity index (χ0) is 13.8. The Morgan fingerprint density at radius 1 is 1.20 bits per heavy atom. The van der Waals surface area contributed by atoms with Crippen LogP contribution in [0.3, 0.4) is 0 Å². The van der Waals surface area contributed by atoms with E-state index in [9.17, 15) is 0 Å². The van der Waals surface area contributed by atoms with Gasteiger partial charge >= 0.3 is 0 Å².